The molecule has 4 aromatic rings. The van der Waals surface area contributed by atoms with E-state index in [9.17, 15) is 14.4 Å². The maximum Gasteiger partial charge on any atom is 0.332 e. The second-order valence-electron chi connectivity index (χ2n) is 7.24. The van der Waals surface area contributed by atoms with E-state index < -0.39 is 11.2 Å². The molecule has 0 unspecified atom stereocenters. The van der Waals surface area contributed by atoms with Gasteiger partial charge in [-0.1, -0.05) is 42.0 Å². The van der Waals surface area contributed by atoms with Crippen LogP contribution in [0.2, 0.25) is 0 Å². The highest BCUT2D eigenvalue weighted by atomic mass is 16.2. The Morgan fingerprint density at radius 3 is 2.17 bits per heavy atom. The van der Waals surface area contributed by atoms with Crippen molar-refractivity contribution in [2.45, 2.75) is 13.5 Å². The molecule has 0 saturated carbocycles. The fraction of sp³-hybridized carbons (Fsp3) is 0.182. The Balaban J connectivity index is 1.53. The molecule has 0 aliphatic carbocycles. The van der Waals surface area contributed by atoms with Crippen molar-refractivity contribution in [3.05, 3.63) is 81.3 Å². The van der Waals surface area contributed by atoms with Crippen LogP contribution in [0, 0.1) is 6.92 Å². The SMILES string of the molecule is Cc1ccc(-c2ccc(NC(=O)Cn3cnc4c3c(=O)n(C)c(=O)n4C)cc2)cc1. The number of benzene rings is 2. The first-order valence-electron chi connectivity index (χ1n) is 9.43. The Labute approximate surface area is 172 Å². The summed E-state index contributed by atoms with van der Waals surface area (Å²) in [7, 11) is 2.94. The van der Waals surface area contributed by atoms with Crippen LogP contribution in [0.3, 0.4) is 0 Å². The Kier molecular flexibility index (Phi) is 4.83. The molecule has 2 heterocycles. The van der Waals surface area contributed by atoms with E-state index in [0.29, 0.717) is 5.69 Å². The van der Waals surface area contributed by atoms with E-state index in [1.807, 2.05) is 31.2 Å². The lowest BCUT2D eigenvalue weighted by Crippen LogP contribution is -2.37. The van der Waals surface area contributed by atoms with Gasteiger partial charge in [-0.2, -0.15) is 0 Å². The van der Waals surface area contributed by atoms with Gasteiger partial charge in [-0.15, -0.1) is 0 Å². The number of hydrogen-bond acceptors (Lipinski definition) is 4. The van der Waals surface area contributed by atoms with Crippen molar-refractivity contribution >= 4 is 22.8 Å². The molecule has 8 heteroatoms. The molecule has 2 aromatic carbocycles. The molecular weight excluding hydrogens is 382 g/mol. The summed E-state index contributed by atoms with van der Waals surface area (Å²) in [5, 5.41) is 2.83. The van der Waals surface area contributed by atoms with Crippen LogP contribution in [-0.2, 0) is 25.4 Å². The van der Waals surface area contributed by atoms with Crippen molar-refractivity contribution < 1.29 is 4.79 Å². The van der Waals surface area contributed by atoms with Crippen molar-refractivity contribution in [3.8, 4) is 11.1 Å². The molecule has 0 fully saturated rings. The summed E-state index contributed by atoms with van der Waals surface area (Å²) in [6.45, 7) is 1.95. The van der Waals surface area contributed by atoms with Gasteiger partial charge in [0.25, 0.3) is 5.56 Å². The van der Waals surface area contributed by atoms with Crippen LogP contribution in [0.15, 0.2) is 64.4 Å². The number of nitrogens with one attached hydrogen (secondary N) is 1. The van der Waals surface area contributed by atoms with E-state index in [2.05, 4.69) is 34.6 Å². The highest BCUT2D eigenvalue weighted by Crippen LogP contribution is 2.22. The molecule has 0 saturated heterocycles. The first kappa shape index (κ1) is 19.4. The first-order chi connectivity index (χ1) is 14.3. The number of amides is 1. The van der Waals surface area contributed by atoms with Gasteiger partial charge in [0.2, 0.25) is 5.91 Å². The Hall–Kier alpha value is -3.94. The third-order valence-electron chi connectivity index (χ3n) is 5.08. The summed E-state index contributed by atoms with van der Waals surface area (Å²) in [6.07, 6.45) is 1.39. The molecule has 1 N–H and O–H groups in total. The Morgan fingerprint density at radius 1 is 0.933 bits per heavy atom. The van der Waals surface area contributed by atoms with E-state index in [1.54, 1.807) is 0 Å². The van der Waals surface area contributed by atoms with Crippen LogP contribution in [0.25, 0.3) is 22.3 Å². The highest BCUT2D eigenvalue weighted by Gasteiger charge is 2.16. The summed E-state index contributed by atoms with van der Waals surface area (Å²) in [5.41, 5.74) is 3.52. The van der Waals surface area contributed by atoms with E-state index in [4.69, 9.17) is 0 Å². The second kappa shape index (κ2) is 7.47. The lowest BCUT2D eigenvalue weighted by molar-refractivity contribution is -0.116. The lowest BCUT2D eigenvalue weighted by atomic mass is 10.0. The van der Waals surface area contributed by atoms with Gasteiger partial charge < -0.3 is 9.88 Å². The maximum absolute atomic E-state index is 12.5. The van der Waals surface area contributed by atoms with Crippen molar-refractivity contribution in [2.75, 3.05) is 5.32 Å². The quantitative estimate of drug-likeness (QED) is 0.565. The number of hydrogen-bond donors (Lipinski definition) is 1. The van der Waals surface area contributed by atoms with E-state index in [0.717, 1.165) is 15.7 Å². The van der Waals surface area contributed by atoms with Crippen LogP contribution in [0.5, 0.6) is 0 Å². The van der Waals surface area contributed by atoms with Gasteiger partial charge in [-0.25, -0.2) is 9.78 Å². The van der Waals surface area contributed by atoms with Gasteiger partial charge in [0, 0.05) is 19.8 Å². The average Bonchev–Trinajstić information content (AvgIpc) is 3.15. The van der Waals surface area contributed by atoms with Crippen LogP contribution in [-0.4, -0.2) is 24.6 Å². The normalized spacial score (nSPS) is 11.0. The van der Waals surface area contributed by atoms with E-state index in [1.165, 1.54) is 35.1 Å². The van der Waals surface area contributed by atoms with Crippen molar-refractivity contribution in [1.29, 1.82) is 0 Å². The summed E-state index contributed by atoms with van der Waals surface area (Å²) in [4.78, 5) is 41.1. The van der Waals surface area contributed by atoms with Gasteiger partial charge in [0.1, 0.15) is 6.54 Å². The zero-order chi connectivity index (χ0) is 21.4. The van der Waals surface area contributed by atoms with Gasteiger partial charge in [-0.3, -0.25) is 18.7 Å². The maximum atomic E-state index is 12.5. The second-order valence-corrected chi connectivity index (χ2v) is 7.24. The molecule has 0 spiro atoms. The minimum absolute atomic E-state index is 0.0936. The Bertz CT molecular complexity index is 1360. The molecule has 30 heavy (non-hydrogen) atoms. The van der Waals surface area contributed by atoms with Crippen molar-refractivity contribution in [1.82, 2.24) is 18.7 Å². The summed E-state index contributed by atoms with van der Waals surface area (Å²) >= 11 is 0. The van der Waals surface area contributed by atoms with Crippen LogP contribution < -0.4 is 16.6 Å². The number of aromatic nitrogens is 4. The predicted octanol–water partition coefficient (Wildman–Crippen LogP) is 2.05. The molecule has 2 aromatic heterocycles. The van der Waals surface area contributed by atoms with E-state index >= 15 is 0 Å². The topological polar surface area (TPSA) is 90.9 Å². The number of imidazole rings is 1. The monoisotopic (exact) mass is 403 g/mol. The number of anilines is 1. The van der Waals surface area contributed by atoms with Crippen molar-refractivity contribution in [2.24, 2.45) is 14.1 Å². The Morgan fingerprint density at radius 2 is 1.53 bits per heavy atom. The van der Waals surface area contributed by atoms with Gasteiger partial charge >= 0.3 is 5.69 Å². The molecular formula is C22H21N5O3. The summed E-state index contributed by atoms with van der Waals surface area (Å²) in [6, 6.07) is 15.8. The van der Waals surface area contributed by atoms with Crippen molar-refractivity contribution in [3.63, 3.8) is 0 Å². The fourth-order valence-electron chi connectivity index (χ4n) is 3.36. The first-order valence-corrected chi connectivity index (χ1v) is 9.43. The van der Waals surface area contributed by atoms with Gasteiger partial charge in [0.15, 0.2) is 11.2 Å². The number of fused-ring (bicyclic) bond motifs is 1. The zero-order valence-electron chi connectivity index (χ0n) is 16.9. The molecule has 0 aliphatic rings. The molecule has 1 amide bonds. The number of carbonyl (C=O) groups excluding carboxylic acids is 1. The third-order valence-corrected chi connectivity index (χ3v) is 5.08. The fourth-order valence-corrected chi connectivity index (χ4v) is 3.36. The zero-order valence-corrected chi connectivity index (χ0v) is 16.9. The molecule has 4 rings (SSSR count). The molecule has 0 aliphatic heterocycles. The largest absolute Gasteiger partial charge is 0.332 e. The summed E-state index contributed by atoms with van der Waals surface area (Å²) in [5.74, 6) is -0.298. The van der Waals surface area contributed by atoms with Gasteiger partial charge in [0.05, 0.1) is 6.33 Å². The standard InChI is InChI=1S/C22H21N5O3/c1-14-4-6-15(7-5-14)16-8-10-17(11-9-16)24-18(28)12-27-13-23-20-19(27)21(29)26(3)22(30)25(20)2/h4-11,13H,12H2,1-3H3,(H,24,28). The van der Waals surface area contributed by atoms with Crippen LogP contribution >= 0.6 is 0 Å². The molecule has 0 atom stereocenters. The van der Waals surface area contributed by atoms with Gasteiger partial charge in [-0.05, 0) is 30.2 Å². The molecule has 8 nitrogen and oxygen atoms in total. The average molecular weight is 403 g/mol. The smallest absolute Gasteiger partial charge is 0.325 e. The molecule has 152 valence electrons. The highest BCUT2D eigenvalue weighted by molar-refractivity contribution is 5.91. The number of aryl methyl sites for hydroxylation is 2. The third kappa shape index (κ3) is 3.43. The number of nitrogens with zero attached hydrogens (tertiary/aromatic N) is 4. The van der Waals surface area contributed by atoms with Crippen LogP contribution in [0.1, 0.15) is 5.56 Å². The number of carbonyl (C=O) groups is 1. The summed E-state index contributed by atoms with van der Waals surface area (Å²) < 4.78 is 3.74. The molecule has 0 radical (unpaired) electrons. The van der Waals surface area contributed by atoms with Crippen LogP contribution in [0.4, 0.5) is 5.69 Å². The lowest BCUT2D eigenvalue weighted by Gasteiger charge is -2.09. The minimum atomic E-state index is -0.485. The number of rotatable bonds is 4. The molecule has 0 bridgehead atoms. The predicted molar refractivity (Wildman–Crippen MR) is 115 cm³/mol. The minimum Gasteiger partial charge on any atom is -0.325 e. The van der Waals surface area contributed by atoms with E-state index in [-0.39, 0.29) is 23.6 Å².